The summed E-state index contributed by atoms with van der Waals surface area (Å²) in [5.41, 5.74) is 4.76. The van der Waals surface area contributed by atoms with E-state index in [2.05, 4.69) is 153 Å². The van der Waals surface area contributed by atoms with Crippen molar-refractivity contribution in [3.63, 3.8) is 0 Å². The van der Waals surface area contributed by atoms with Crippen molar-refractivity contribution in [3.05, 3.63) is 151 Å². The minimum atomic E-state index is -3.86. The zero-order valence-corrected chi connectivity index (χ0v) is 28.0. The molecule has 0 N–H and O–H groups in total. The molecular formula is C37H37Cl2OPSi. The van der Waals surface area contributed by atoms with Crippen molar-refractivity contribution in [2.75, 3.05) is 0 Å². The van der Waals surface area contributed by atoms with Gasteiger partial charge in [0.2, 0.25) is 0 Å². The maximum absolute atomic E-state index is 8.13. The molecular weight excluding hydrogens is 590 g/mol. The minimum absolute atomic E-state index is 0.0857. The van der Waals surface area contributed by atoms with Gasteiger partial charge < -0.3 is 0 Å². The van der Waals surface area contributed by atoms with Crippen molar-refractivity contribution < 1.29 is 4.43 Å². The van der Waals surface area contributed by atoms with Gasteiger partial charge in [-0.15, -0.1) is 0 Å². The van der Waals surface area contributed by atoms with Crippen LogP contribution in [0.15, 0.2) is 140 Å². The summed E-state index contributed by atoms with van der Waals surface area (Å²) in [4.78, 5) is 0. The zero-order valence-electron chi connectivity index (χ0n) is 24.5. The van der Waals surface area contributed by atoms with E-state index in [-0.39, 0.29) is 11.8 Å². The zero-order chi connectivity index (χ0) is 29.6. The van der Waals surface area contributed by atoms with Gasteiger partial charge in [0.05, 0.1) is 0 Å². The summed E-state index contributed by atoms with van der Waals surface area (Å²) >= 11 is 16.3. The van der Waals surface area contributed by atoms with Gasteiger partial charge >= 0.3 is 262 Å². The van der Waals surface area contributed by atoms with Crippen LogP contribution >= 0.6 is 28.8 Å². The molecule has 0 fully saturated rings. The molecule has 6 rings (SSSR count). The topological polar surface area (TPSA) is 9.23 Å². The summed E-state index contributed by atoms with van der Waals surface area (Å²) in [7, 11) is 0. The molecule has 1 aliphatic carbocycles. The number of halogens is 2. The van der Waals surface area contributed by atoms with E-state index < -0.39 is 18.3 Å². The fourth-order valence-corrected chi connectivity index (χ4v) is 28.1. The quantitative estimate of drug-likeness (QED) is 0.0947. The predicted molar refractivity (Wildman–Crippen MR) is 187 cm³/mol. The first-order valence-corrected chi connectivity index (χ1v) is 20.9. The molecule has 0 heterocycles. The third-order valence-electron chi connectivity index (χ3n) is 9.34. The van der Waals surface area contributed by atoms with Crippen LogP contribution < -0.4 is 15.9 Å². The normalized spacial score (nSPS) is 15.2. The number of fused-ring (bicyclic) bond motifs is 3. The van der Waals surface area contributed by atoms with Crippen molar-refractivity contribution in [3.8, 4) is 11.1 Å². The molecule has 0 atom stereocenters. The van der Waals surface area contributed by atoms with Gasteiger partial charge in [-0.25, -0.2) is 0 Å². The monoisotopic (exact) mass is 626 g/mol. The second kappa shape index (κ2) is 10.8. The van der Waals surface area contributed by atoms with Crippen molar-refractivity contribution in [1.29, 1.82) is 0 Å². The molecule has 0 spiro atoms. The van der Waals surface area contributed by atoms with Gasteiger partial charge in [-0.2, -0.15) is 0 Å². The van der Waals surface area contributed by atoms with Crippen LogP contribution in [0.25, 0.3) is 11.1 Å². The van der Waals surface area contributed by atoms with Crippen LogP contribution in [0.4, 0.5) is 0 Å². The average Bonchev–Trinajstić information content (AvgIpc) is 3.32. The SMILES string of the molecule is CC(C)O[Si](Cl)(Cl)C1(P(c2ccccc2)(c2ccccc2)(c2ccccc2)C(C)C)c2ccccc2-c2ccccc21. The third kappa shape index (κ3) is 3.57. The molecule has 0 bridgehead atoms. The standard InChI is InChI=1S/C37H37Cl2OPSi/c1-28(2)40-42(38,39)37(35-26-16-14-24-33(35)34-25-15-17-27-36(34)37)41(29(3)4,30-18-8-5-9-19-30,31-20-10-6-11-21-31)32-22-12-7-13-23-32/h5-29H,1-4H3. The second-order valence-electron chi connectivity index (χ2n) is 11.8. The summed E-state index contributed by atoms with van der Waals surface area (Å²) in [5.74, 6) is 0. The van der Waals surface area contributed by atoms with E-state index in [1.54, 1.807) is 0 Å². The molecule has 1 nitrogen and oxygen atoms in total. The first-order chi connectivity index (χ1) is 20.2. The van der Waals surface area contributed by atoms with E-state index in [1.807, 2.05) is 13.8 Å². The summed E-state index contributed by atoms with van der Waals surface area (Å²) in [6.07, 6.45) is -0.166. The molecule has 5 heteroatoms. The van der Waals surface area contributed by atoms with E-state index in [9.17, 15) is 0 Å². The van der Waals surface area contributed by atoms with Crippen LogP contribution in [0.2, 0.25) is 0 Å². The number of hydrogen-bond acceptors (Lipinski definition) is 1. The number of benzene rings is 5. The fourth-order valence-electron chi connectivity index (χ4n) is 8.20. The van der Waals surface area contributed by atoms with Gasteiger partial charge in [0.25, 0.3) is 0 Å². The molecule has 0 saturated carbocycles. The van der Waals surface area contributed by atoms with E-state index in [0.29, 0.717) is 0 Å². The Bertz CT molecular complexity index is 1560. The molecule has 0 saturated heterocycles. The van der Waals surface area contributed by atoms with Crippen LogP contribution in [0.1, 0.15) is 38.8 Å². The first-order valence-electron chi connectivity index (χ1n) is 14.7. The number of hydrogen-bond donors (Lipinski definition) is 0. The van der Waals surface area contributed by atoms with Crippen molar-refractivity contribution in [2.24, 2.45) is 0 Å². The van der Waals surface area contributed by atoms with Crippen molar-refractivity contribution in [2.45, 2.75) is 44.2 Å². The van der Waals surface area contributed by atoms with Crippen molar-refractivity contribution in [1.82, 2.24) is 0 Å². The van der Waals surface area contributed by atoms with Gasteiger partial charge in [0, 0.05) is 0 Å². The van der Waals surface area contributed by atoms with Crippen LogP contribution in [-0.2, 0) is 9.21 Å². The van der Waals surface area contributed by atoms with Gasteiger partial charge in [-0.3, -0.25) is 0 Å². The van der Waals surface area contributed by atoms with E-state index >= 15 is 0 Å². The molecule has 0 radical (unpaired) electrons. The molecule has 5 aromatic carbocycles. The van der Waals surface area contributed by atoms with Crippen molar-refractivity contribution >= 4 is 51.6 Å². The number of rotatable bonds is 8. The van der Waals surface area contributed by atoms with Gasteiger partial charge in [0.15, 0.2) is 0 Å². The van der Waals surface area contributed by atoms with Crippen LogP contribution in [0.3, 0.4) is 0 Å². The van der Waals surface area contributed by atoms with E-state index in [1.165, 1.54) is 27.0 Å². The summed E-state index contributed by atoms with van der Waals surface area (Å²) < 4.78 is 6.10. The summed E-state index contributed by atoms with van der Waals surface area (Å²) in [6.45, 7) is 1.19. The molecule has 0 aromatic heterocycles. The van der Waals surface area contributed by atoms with Gasteiger partial charge in [0.1, 0.15) is 0 Å². The van der Waals surface area contributed by atoms with E-state index in [4.69, 9.17) is 26.6 Å². The van der Waals surface area contributed by atoms with E-state index in [0.717, 1.165) is 11.1 Å². The molecule has 42 heavy (non-hydrogen) atoms. The Morgan fingerprint density at radius 2 is 0.857 bits per heavy atom. The Kier molecular flexibility index (Phi) is 7.53. The first kappa shape index (κ1) is 29.4. The molecule has 1 aliphatic rings. The Morgan fingerprint density at radius 3 is 1.19 bits per heavy atom. The Hall–Kier alpha value is -2.71. The molecule has 0 amide bonds. The summed E-state index contributed by atoms with van der Waals surface area (Å²) in [6, 6.07) is 50.7. The predicted octanol–water partition coefficient (Wildman–Crippen LogP) is 9.23. The van der Waals surface area contributed by atoms with Crippen LogP contribution in [-0.4, -0.2) is 18.7 Å². The third-order valence-corrected chi connectivity index (χ3v) is 24.9. The molecule has 214 valence electrons. The Labute approximate surface area is 261 Å². The maximum atomic E-state index is 8.13. The average molecular weight is 628 g/mol. The van der Waals surface area contributed by atoms with Crippen LogP contribution in [0, 0.1) is 0 Å². The second-order valence-corrected chi connectivity index (χ2v) is 23.6. The molecule has 5 aromatic rings. The molecule has 0 unspecified atom stereocenters. The molecule has 0 aliphatic heterocycles. The van der Waals surface area contributed by atoms with Gasteiger partial charge in [-0.1, -0.05) is 0 Å². The Balaban J connectivity index is 2.05. The summed E-state index contributed by atoms with van der Waals surface area (Å²) in [5, 5.41) is 3.77. The van der Waals surface area contributed by atoms with Gasteiger partial charge in [-0.05, 0) is 0 Å². The van der Waals surface area contributed by atoms with Crippen LogP contribution in [0.5, 0.6) is 0 Å². The Morgan fingerprint density at radius 1 is 0.524 bits per heavy atom. The fraction of sp³-hybridized carbons (Fsp3) is 0.189.